The Balaban J connectivity index is 2.07. The van der Waals surface area contributed by atoms with Gasteiger partial charge in [-0.05, 0) is 12.1 Å². The number of carbonyl (C=O) groups is 1. The first-order valence-electron chi connectivity index (χ1n) is 5.00. The second-order valence-electron chi connectivity index (χ2n) is 3.35. The third kappa shape index (κ3) is 3.03. The quantitative estimate of drug-likeness (QED) is 0.878. The molecule has 2 aromatic rings. The standard InChI is InChI=1S/C11H9F2N3O2/c12-11(13)18-9-3-1-2-8(4-9)16-10(17)7-5-14-15-6-7/h1-6,11H,(H,14,15)(H,16,17). The fraction of sp³-hybridized carbons (Fsp3) is 0.0909. The SMILES string of the molecule is O=C(Nc1cccc(OC(F)F)c1)c1cn[nH]c1. The fourth-order valence-corrected chi connectivity index (χ4v) is 1.33. The van der Waals surface area contributed by atoms with Gasteiger partial charge in [0.2, 0.25) is 0 Å². The molecule has 1 aromatic carbocycles. The summed E-state index contributed by atoms with van der Waals surface area (Å²) in [4.78, 5) is 11.6. The van der Waals surface area contributed by atoms with Crippen LogP contribution in [0.5, 0.6) is 5.75 Å². The average molecular weight is 253 g/mol. The van der Waals surface area contributed by atoms with Gasteiger partial charge in [-0.2, -0.15) is 13.9 Å². The highest BCUT2D eigenvalue weighted by Gasteiger charge is 2.08. The van der Waals surface area contributed by atoms with Crippen LogP contribution in [0.4, 0.5) is 14.5 Å². The molecule has 0 atom stereocenters. The van der Waals surface area contributed by atoms with Crippen molar-refractivity contribution in [2.45, 2.75) is 6.61 Å². The van der Waals surface area contributed by atoms with E-state index in [4.69, 9.17) is 0 Å². The Hall–Kier alpha value is -2.44. The number of rotatable bonds is 4. The molecule has 1 aromatic heterocycles. The monoisotopic (exact) mass is 253 g/mol. The molecular weight excluding hydrogens is 244 g/mol. The van der Waals surface area contributed by atoms with Crippen molar-refractivity contribution in [1.29, 1.82) is 0 Å². The first-order valence-corrected chi connectivity index (χ1v) is 5.00. The zero-order chi connectivity index (χ0) is 13.0. The predicted molar refractivity (Wildman–Crippen MR) is 59.6 cm³/mol. The molecular formula is C11H9F2N3O2. The van der Waals surface area contributed by atoms with Crippen molar-refractivity contribution in [3.05, 3.63) is 42.2 Å². The topological polar surface area (TPSA) is 67.0 Å². The van der Waals surface area contributed by atoms with Crippen molar-refractivity contribution in [1.82, 2.24) is 10.2 Å². The number of benzene rings is 1. The van der Waals surface area contributed by atoms with E-state index in [0.717, 1.165) is 0 Å². The van der Waals surface area contributed by atoms with Crippen molar-refractivity contribution in [2.75, 3.05) is 5.32 Å². The third-order valence-corrected chi connectivity index (χ3v) is 2.08. The first-order chi connectivity index (χ1) is 8.65. The van der Waals surface area contributed by atoms with Gasteiger partial charge in [0.1, 0.15) is 5.75 Å². The summed E-state index contributed by atoms with van der Waals surface area (Å²) in [5.41, 5.74) is 0.703. The normalized spacial score (nSPS) is 10.4. The smallest absolute Gasteiger partial charge is 0.387 e. The summed E-state index contributed by atoms with van der Waals surface area (Å²) < 4.78 is 28.3. The van der Waals surface area contributed by atoms with Crippen molar-refractivity contribution in [3.8, 4) is 5.75 Å². The lowest BCUT2D eigenvalue weighted by Gasteiger charge is -2.07. The van der Waals surface area contributed by atoms with Gasteiger partial charge in [-0.1, -0.05) is 6.07 Å². The summed E-state index contributed by atoms with van der Waals surface area (Å²) in [5, 5.41) is 8.67. The maximum absolute atomic E-state index is 12.0. The maximum Gasteiger partial charge on any atom is 0.387 e. The van der Waals surface area contributed by atoms with Crippen molar-refractivity contribution in [2.24, 2.45) is 0 Å². The van der Waals surface area contributed by atoms with E-state index in [0.29, 0.717) is 11.3 Å². The molecule has 0 saturated heterocycles. The highest BCUT2D eigenvalue weighted by molar-refractivity contribution is 6.03. The van der Waals surface area contributed by atoms with Crippen molar-refractivity contribution < 1.29 is 18.3 Å². The number of alkyl halides is 2. The number of halogens is 2. The molecule has 18 heavy (non-hydrogen) atoms. The molecule has 0 bridgehead atoms. The summed E-state index contributed by atoms with van der Waals surface area (Å²) in [5.74, 6) is -0.409. The maximum atomic E-state index is 12.0. The molecule has 0 aliphatic rings. The van der Waals surface area contributed by atoms with E-state index in [1.165, 1.54) is 30.6 Å². The van der Waals surface area contributed by atoms with E-state index in [-0.39, 0.29) is 5.75 Å². The minimum Gasteiger partial charge on any atom is -0.435 e. The number of aromatic amines is 1. The van der Waals surface area contributed by atoms with Gasteiger partial charge in [-0.3, -0.25) is 9.89 Å². The Morgan fingerprint density at radius 1 is 1.44 bits per heavy atom. The van der Waals surface area contributed by atoms with Gasteiger partial charge in [0, 0.05) is 18.0 Å². The van der Waals surface area contributed by atoms with E-state index in [1.807, 2.05) is 0 Å². The van der Waals surface area contributed by atoms with Gasteiger partial charge in [-0.15, -0.1) is 0 Å². The second kappa shape index (κ2) is 5.26. The first kappa shape index (κ1) is 12.0. The third-order valence-electron chi connectivity index (χ3n) is 2.08. The zero-order valence-corrected chi connectivity index (χ0v) is 9.06. The molecule has 0 fully saturated rings. The molecule has 0 unspecified atom stereocenters. The zero-order valence-electron chi connectivity index (χ0n) is 9.06. The number of carbonyl (C=O) groups excluding carboxylic acids is 1. The molecule has 0 spiro atoms. The highest BCUT2D eigenvalue weighted by atomic mass is 19.3. The molecule has 0 aliphatic heterocycles. The summed E-state index contributed by atoms with van der Waals surface area (Å²) in [6.45, 7) is -2.90. The second-order valence-corrected chi connectivity index (χ2v) is 3.35. The molecule has 2 rings (SSSR count). The molecule has 5 nitrogen and oxygen atoms in total. The van der Waals surface area contributed by atoms with Gasteiger partial charge < -0.3 is 10.1 Å². The van der Waals surface area contributed by atoms with E-state index >= 15 is 0 Å². The van der Waals surface area contributed by atoms with Crippen LogP contribution in [-0.2, 0) is 0 Å². The number of aromatic nitrogens is 2. The van der Waals surface area contributed by atoms with E-state index in [9.17, 15) is 13.6 Å². The number of nitrogens with zero attached hydrogens (tertiary/aromatic N) is 1. The van der Waals surface area contributed by atoms with Gasteiger partial charge >= 0.3 is 6.61 Å². The van der Waals surface area contributed by atoms with Crippen LogP contribution in [0.25, 0.3) is 0 Å². The fourth-order valence-electron chi connectivity index (χ4n) is 1.33. The molecule has 94 valence electrons. The lowest BCUT2D eigenvalue weighted by molar-refractivity contribution is -0.0497. The number of ether oxygens (including phenoxy) is 1. The molecule has 1 amide bonds. The minimum atomic E-state index is -2.90. The summed E-state index contributed by atoms with van der Waals surface area (Å²) >= 11 is 0. The van der Waals surface area contributed by atoms with Crippen LogP contribution in [0.2, 0.25) is 0 Å². The van der Waals surface area contributed by atoms with Gasteiger partial charge in [0.15, 0.2) is 0 Å². The van der Waals surface area contributed by atoms with Crippen LogP contribution in [0.3, 0.4) is 0 Å². The molecule has 2 N–H and O–H groups in total. The minimum absolute atomic E-state index is 0.0185. The van der Waals surface area contributed by atoms with Crippen molar-refractivity contribution in [3.63, 3.8) is 0 Å². The van der Waals surface area contributed by atoms with Gasteiger partial charge in [0.05, 0.1) is 11.8 Å². The van der Waals surface area contributed by atoms with Crippen LogP contribution in [-0.4, -0.2) is 22.7 Å². The van der Waals surface area contributed by atoms with Crippen LogP contribution in [0.15, 0.2) is 36.7 Å². The predicted octanol–water partition coefficient (Wildman–Crippen LogP) is 2.26. The number of hydrogen-bond donors (Lipinski definition) is 2. The summed E-state index contributed by atoms with van der Waals surface area (Å²) in [6.07, 6.45) is 2.78. The molecule has 0 aliphatic carbocycles. The summed E-state index contributed by atoms with van der Waals surface area (Å²) in [7, 11) is 0. The number of anilines is 1. The van der Waals surface area contributed by atoms with E-state index in [2.05, 4.69) is 20.3 Å². The van der Waals surface area contributed by atoms with Gasteiger partial charge in [-0.25, -0.2) is 0 Å². The largest absolute Gasteiger partial charge is 0.435 e. The van der Waals surface area contributed by atoms with Crippen LogP contribution in [0.1, 0.15) is 10.4 Å². The Morgan fingerprint density at radius 2 is 2.28 bits per heavy atom. The van der Waals surface area contributed by atoms with Crippen molar-refractivity contribution >= 4 is 11.6 Å². The molecule has 1 heterocycles. The summed E-state index contributed by atoms with van der Waals surface area (Å²) in [6, 6.07) is 5.75. The Kier molecular flexibility index (Phi) is 3.52. The molecule has 0 saturated carbocycles. The number of hydrogen-bond acceptors (Lipinski definition) is 3. The van der Waals surface area contributed by atoms with Crippen LogP contribution < -0.4 is 10.1 Å². The van der Waals surface area contributed by atoms with Crippen LogP contribution >= 0.6 is 0 Å². The van der Waals surface area contributed by atoms with Crippen LogP contribution in [0, 0.1) is 0 Å². The number of amides is 1. The highest BCUT2D eigenvalue weighted by Crippen LogP contribution is 2.19. The number of nitrogens with one attached hydrogen (secondary N) is 2. The lowest BCUT2D eigenvalue weighted by Crippen LogP contribution is -2.11. The molecule has 7 heteroatoms. The van der Waals surface area contributed by atoms with E-state index in [1.54, 1.807) is 6.07 Å². The Bertz CT molecular complexity index is 529. The average Bonchev–Trinajstić information content (AvgIpc) is 2.81. The molecule has 0 radical (unpaired) electrons. The van der Waals surface area contributed by atoms with E-state index < -0.39 is 12.5 Å². The number of H-pyrrole nitrogens is 1. The lowest BCUT2D eigenvalue weighted by atomic mass is 10.2. The van der Waals surface area contributed by atoms with Gasteiger partial charge in [0.25, 0.3) is 5.91 Å². The Labute approximate surface area is 101 Å². The Morgan fingerprint density at radius 3 is 2.94 bits per heavy atom.